The molecule has 1 aromatic carbocycles. The van der Waals surface area contributed by atoms with E-state index in [1.165, 1.54) is 5.56 Å². The number of rotatable bonds is 6. The van der Waals surface area contributed by atoms with Crippen LogP contribution in [0.15, 0.2) is 24.3 Å². The smallest absolute Gasteiger partial charge is 0.315 e. The van der Waals surface area contributed by atoms with Crippen LogP contribution in [0.1, 0.15) is 18.4 Å². The fraction of sp³-hybridized carbons (Fsp3) is 0.533. The number of nitrogens with one attached hydrogen (secondary N) is 3. The van der Waals surface area contributed by atoms with E-state index in [1.54, 1.807) is 11.8 Å². The third-order valence-corrected chi connectivity index (χ3v) is 4.63. The summed E-state index contributed by atoms with van der Waals surface area (Å²) < 4.78 is 0. The summed E-state index contributed by atoms with van der Waals surface area (Å²) in [4.78, 5) is 11.7. The van der Waals surface area contributed by atoms with Gasteiger partial charge in [0.2, 0.25) is 0 Å². The molecule has 1 aliphatic heterocycles. The molecule has 0 saturated carbocycles. The molecular weight excluding hydrogens is 306 g/mol. The summed E-state index contributed by atoms with van der Waals surface area (Å²) in [6, 6.07) is 8.14. The highest BCUT2D eigenvalue weighted by Crippen LogP contribution is 2.16. The Kier molecular flexibility index (Phi) is 7.19. The molecule has 1 aromatic rings. The van der Waals surface area contributed by atoms with Gasteiger partial charge in [-0.1, -0.05) is 23.7 Å². The Hall–Kier alpha value is -0.910. The Morgan fingerprint density at radius 2 is 2.19 bits per heavy atom. The highest BCUT2D eigenvalue weighted by molar-refractivity contribution is 7.98. The first-order chi connectivity index (χ1) is 10.2. The lowest BCUT2D eigenvalue weighted by Crippen LogP contribution is -2.47. The maximum absolute atomic E-state index is 11.7. The van der Waals surface area contributed by atoms with Crippen LogP contribution in [-0.2, 0) is 5.75 Å². The highest BCUT2D eigenvalue weighted by atomic mass is 35.5. The van der Waals surface area contributed by atoms with Crippen molar-refractivity contribution in [2.24, 2.45) is 0 Å². The van der Waals surface area contributed by atoms with Gasteiger partial charge in [0.1, 0.15) is 0 Å². The quantitative estimate of drug-likeness (QED) is 0.704. The Labute approximate surface area is 135 Å². The molecule has 0 spiro atoms. The van der Waals surface area contributed by atoms with Crippen molar-refractivity contribution in [1.29, 1.82) is 0 Å². The summed E-state index contributed by atoms with van der Waals surface area (Å²) in [5.74, 6) is 1.81. The normalized spacial score (nSPS) is 15.7. The summed E-state index contributed by atoms with van der Waals surface area (Å²) in [6.07, 6.45) is 2.02. The van der Waals surface area contributed by atoms with Crippen LogP contribution >= 0.6 is 23.4 Å². The van der Waals surface area contributed by atoms with Gasteiger partial charge >= 0.3 is 6.03 Å². The van der Waals surface area contributed by atoms with Gasteiger partial charge in [-0.25, -0.2) is 4.79 Å². The number of thioether (sulfide) groups is 1. The topological polar surface area (TPSA) is 53.2 Å². The summed E-state index contributed by atoms with van der Waals surface area (Å²) in [5, 5.41) is 9.98. The molecule has 1 heterocycles. The lowest BCUT2D eigenvalue weighted by molar-refractivity contribution is 0.234. The zero-order valence-corrected chi connectivity index (χ0v) is 13.6. The number of benzene rings is 1. The van der Waals surface area contributed by atoms with Crippen molar-refractivity contribution >= 4 is 29.4 Å². The van der Waals surface area contributed by atoms with Crippen molar-refractivity contribution in [2.45, 2.75) is 24.6 Å². The van der Waals surface area contributed by atoms with Crippen LogP contribution in [0.2, 0.25) is 5.02 Å². The lowest BCUT2D eigenvalue weighted by Gasteiger charge is -2.23. The number of hydrogen-bond acceptors (Lipinski definition) is 3. The van der Waals surface area contributed by atoms with Crippen molar-refractivity contribution < 1.29 is 4.79 Å². The van der Waals surface area contributed by atoms with Crippen molar-refractivity contribution in [3.63, 3.8) is 0 Å². The van der Waals surface area contributed by atoms with Gasteiger partial charge in [0, 0.05) is 29.1 Å². The molecule has 0 radical (unpaired) electrons. The SMILES string of the molecule is O=C(NCCSCc1cccc(Cl)c1)NC1CCNCC1. The predicted octanol–water partition coefficient (Wildman–Crippen LogP) is 2.62. The average Bonchev–Trinajstić information content (AvgIpc) is 2.48. The molecular formula is C15H22ClN3OS. The number of halogens is 1. The molecule has 21 heavy (non-hydrogen) atoms. The third kappa shape index (κ3) is 6.59. The zero-order chi connectivity index (χ0) is 14.9. The zero-order valence-electron chi connectivity index (χ0n) is 12.0. The van der Waals surface area contributed by atoms with Crippen LogP contribution in [0, 0.1) is 0 Å². The number of hydrogen-bond donors (Lipinski definition) is 3. The third-order valence-electron chi connectivity index (χ3n) is 3.36. The summed E-state index contributed by atoms with van der Waals surface area (Å²) in [7, 11) is 0. The largest absolute Gasteiger partial charge is 0.337 e. The number of carbonyl (C=O) groups excluding carboxylic acids is 1. The standard InChI is InChI=1S/C15H22ClN3OS/c16-13-3-1-2-12(10-13)11-21-9-8-18-15(20)19-14-4-6-17-7-5-14/h1-3,10,14,17H,4-9,11H2,(H2,18,19,20). The molecule has 6 heteroatoms. The minimum atomic E-state index is -0.0507. The molecule has 2 amide bonds. The summed E-state index contributed by atoms with van der Waals surface area (Å²) in [5.41, 5.74) is 1.21. The van der Waals surface area contributed by atoms with Crippen LogP contribution < -0.4 is 16.0 Å². The molecule has 0 atom stereocenters. The first kappa shape index (κ1) is 16.5. The summed E-state index contributed by atoms with van der Waals surface area (Å²) >= 11 is 7.73. The fourth-order valence-electron chi connectivity index (χ4n) is 2.26. The van der Waals surface area contributed by atoms with E-state index in [0.29, 0.717) is 12.6 Å². The van der Waals surface area contributed by atoms with E-state index >= 15 is 0 Å². The Bertz CT molecular complexity index is 452. The molecule has 0 bridgehead atoms. The second-order valence-corrected chi connectivity index (χ2v) is 6.65. The van der Waals surface area contributed by atoms with Crippen molar-refractivity contribution in [1.82, 2.24) is 16.0 Å². The van der Waals surface area contributed by atoms with Gasteiger partial charge in [-0.15, -0.1) is 0 Å². The van der Waals surface area contributed by atoms with Gasteiger partial charge < -0.3 is 16.0 Å². The first-order valence-electron chi connectivity index (χ1n) is 7.31. The maximum Gasteiger partial charge on any atom is 0.315 e. The van der Waals surface area contributed by atoms with E-state index in [2.05, 4.69) is 22.0 Å². The predicted molar refractivity (Wildman–Crippen MR) is 90.0 cm³/mol. The number of piperidine rings is 1. The van der Waals surface area contributed by atoms with Gasteiger partial charge in [-0.05, 0) is 43.6 Å². The minimum absolute atomic E-state index is 0.0507. The van der Waals surface area contributed by atoms with E-state index in [9.17, 15) is 4.79 Å². The van der Waals surface area contributed by atoms with Gasteiger partial charge in [-0.2, -0.15) is 11.8 Å². The van der Waals surface area contributed by atoms with Crippen LogP contribution in [0.3, 0.4) is 0 Å². The molecule has 116 valence electrons. The molecule has 0 unspecified atom stereocenters. The van der Waals surface area contributed by atoms with Gasteiger partial charge in [-0.3, -0.25) is 0 Å². The molecule has 2 rings (SSSR count). The molecule has 4 nitrogen and oxygen atoms in total. The molecule has 0 aliphatic carbocycles. The van der Waals surface area contributed by atoms with E-state index in [0.717, 1.165) is 42.5 Å². The van der Waals surface area contributed by atoms with Gasteiger partial charge in [0.05, 0.1) is 0 Å². The van der Waals surface area contributed by atoms with Crippen LogP contribution in [0.5, 0.6) is 0 Å². The number of amides is 2. The monoisotopic (exact) mass is 327 g/mol. The molecule has 1 saturated heterocycles. The van der Waals surface area contributed by atoms with Crippen molar-refractivity contribution in [2.75, 3.05) is 25.4 Å². The van der Waals surface area contributed by atoms with Crippen LogP contribution in [-0.4, -0.2) is 37.5 Å². The second kappa shape index (κ2) is 9.18. The molecule has 1 fully saturated rings. The van der Waals surface area contributed by atoms with Crippen LogP contribution in [0.4, 0.5) is 4.79 Å². The minimum Gasteiger partial charge on any atom is -0.337 e. The van der Waals surface area contributed by atoms with Crippen molar-refractivity contribution in [3.8, 4) is 0 Å². The molecule has 0 aromatic heterocycles. The highest BCUT2D eigenvalue weighted by Gasteiger charge is 2.14. The number of carbonyl (C=O) groups is 1. The van der Waals surface area contributed by atoms with E-state index in [1.807, 2.05) is 18.2 Å². The Balaban J connectivity index is 1.53. The molecule has 3 N–H and O–H groups in total. The molecule has 1 aliphatic rings. The fourth-order valence-corrected chi connectivity index (χ4v) is 3.28. The number of urea groups is 1. The summed E-state index contributed by atoms with van der Waals surface area (Å²) in [6.45, 7) is 2.66. The van der Waals surface area contributed by atoms with Crippen LogP contribution in [0.25, 0.3) is 0 Å². The van der Waals surface area contributed by atoms with Gasteiger partial charge in [0.25, 0.3) is 0 Å². The Morgan fingerprint density at radius 3 is 2.95 bits per heavy atom. The first-order valence-corrected chi connectivity index (χ1v) is 8.84. The second-order valence-electron chi connectivity index (χ2n) is 5.11. The average molecular weight is 328 g/mol. The van der Waals surface area contributed by atoms with Crippen molar-refractivity contribution in [3.05, 3.63) is 34.9 Å². The van der Waals surface area contributed by atoms with E-state index < -0.39 is 0 Å². The van der Waals surface area contributed by atoms with Gasteiger partial charge in [0.15, 0.2) is 0 Å². The van der Waals surface area contributed by atoms with E-state index in [4.69, 9.17) is 11.6 Å². The maximum atomic E-state index is 11.7. The Morgan fingerprint density at radius 1 is 1.38 bits per heavy atom. The van der Waals surface area contributed by atoms with E-state index in [-0.39, 0.29) is 6.03 Å². The lowest BCUT2D eigenvalue weighted by atomic mass is 10.1.